The van der Waals surface area contributed by atoms with E-state index in [4.69, 9.17) is 0 Å². The highest BCUT2D eigenvalue weighted by molar-refractivity contribution is 7.27. The molecule has 8 heteroatoms. The van der Waals surface area contributed by atoms with Crippen LogP contribution in [0.25, 0.3) is 178 Å². The van der Waals surface area contributed by atoms with Crippen molar-refractivity contribution in [3.8, 4) is 94.7 Å². The van der Waals surface area contributed by atoms with Crippen molar-refractivity contribution in [3.63, 3.8) is 0 Å². The lowest BCUT2D eigenvalue weighted by atomic mass is 9.95. The highest BCUT2D eigenvalue weighted by atomic mass is 32.1. The zero-order valence-corrected chi connectivity index (χ0v) is 58.9. The van der Waals surface area contributed by atoms with Gasteiger partial charge in [0.2, 0.25) is 0 Å². The van der Waals surface area contributed by atoms with Gasteiger partial charge < -0.3 is 14.4 Å². The summed E-state index contributed by atoms with van der Waals surface area (Å²) >= 11 is 3.57. The minimum absolute atomic E-state index is 0.591. The van der Waals surface area contributed by atoms with Gasteiger partial charge >= 0.3 is 6.18 Å². The Morgan fingerprint density at radius 3 is 1.09 bits per heavy atom. The molecule has 0 aliphatic heterocycles. The van der Waals surface area contributed by atoms with E-state index in [0.29, 0.717) is 5.69 Å². The Morgan fingerprint density at radius 2 is 0.626 bits per heavy atom. The van der Waals surface area contributed by atoms with Crippen LogP contribution >= 0.6 is 22.7 Å². The fourth-order valence-electron chi connectivity index (χ4n) is 17.5. The molecule has 0 amide bonds. The number of nitrogens with zero attached hydrogens (tertiary/aromatic N) is 3. The highest BCUT2D eigenvalue weighted by Gasteiger charge is 2.34. The first kappa shape index (κ1) is 61.4. The number of halogens is 3. The van der Waals surface area contributed by atoms with Crippen LogP contribution in [0.5, 0.6) is 0 Å². The van der Waals surface area contributed by atoms with Crippen LogP contribution in [-0.2, 0) is 6.18 Å². The van der Waals surface area contributed by atoms with Gasteiger partial charge in [0.05, 0.1) is 32.7 Å². The van der Waals surface area contributed by atoms with Crippen molar-refractivity contribution in [2.24, 2.45) is 0 Å². The zero-order chi connectivity index (χ0) is 70.8. The number of benzene rings is 17. The van der Waals surface area contributed by atoms with Crippen LogP contribution in [0.4, 0.5) is 47.3 Å². The summed E-state index contributed by atoms with van der Waals surface area (Å²) in [6.45, 7) is 0. The zero-order valence-electron chi connectivity index (χ0n) is 57.3. The third-order valence-electron chi connectivity index (χ3n) is 22.1. The average molecular weight is 1410 g/mol. The third kappa shape index (κ3) is 9.59. The van der Waals surface area contributed by atoms with Gasteiger partial charge in [-0.15, -0.1) is 22.7 Å². The summed E-state index contributed by atoms with van der Waals surface area (Å²) in [6.07, 6.45) is -4.59. The minimum atomic E-state index is -4.59. The van der Waals surface area contributed by atoms with E-state index in [2.05, 4.69) is 342 Å². The summed E-state index contributed by atoms with van der Waals surface area (Å²) in [6, 6.07) is 125. The molecule has 0 atom stereocenters. The van der Waals surface area contributed by atoms with Crippen LogP contribution in [-0.4, -0.2) is 4.57 Å². The maximum atomic E-state index is 15.3. The minimum Gasteiger partial charge on any atom is -0.310 e. The summed E-state index contributed by atoms with van der Waals surface area (Å²) in [5.74, 6) is 0. The van der Waals surface area contributed by atoms with E-state index in [1.54, 1.807) is 34.8 Å². The van der Waals surface area contributed by atoms with Gasteiger partial charge in [-0.2, -0.15) is 13.2 Å². The maximum Gasteiger partial charge on any atom is 0.416 e. The van der Waals surface area contributed by atoms with Gasteiger partial charge in [-0.25, -0.2) is 0 Å². The Hall–Kier alpha value is -13.1. The van der Waals surface area contributed by atoms with Gasteiger partial charge in [-0.05, 0) is 220 Å². The molecule has 0 saturated heterocycles. The molecule has 107 heavy (non-hydrogen) atoms. The fourth-order valence-corrected chi connectivity index (χ4v) is 20.0. The summed E-state index contributed by atoms with van der Waals surface area (Å²) < 4.78 is 52.4. The van der Waals surface area contributed by atoms with Crippen LogP contribution in [0.15, 0.2) is 352 Å². The van der Waals surface area contributed by atoms with Crippen molar-refractivity contribution < 1.29 is 13.2 Å². The van der Waals surface area contributed by atoms with E-state index in [9.17, 15) is 0 Å². The molecular formula is C99H58F3N3S2. The van der Waals surface area contributed by atoms with Crippen LogP contribution < -0.4 is 9.80 Å². The molecule has 17 aromatic carbocycles. The fraction of sp³-hybridized carbons (Fsp3) is 0.0101. The molecule has 502 valence electrons. The molecule has 0 unspecified atom stereocenters. The first-order valence-corrected chi connectivity index (χ1v) is 37.7. The van der Waals surface area contributed by atoms with Crippen LogP contribution in [0.1, 0.15) is 5.56 Å². The SMILES string of the molecule is FC(F)(F)c1ccc(-n2c3cc(N(c4cc(-c5ccccc5)cc(-c5ccccc5)c4)c4cc5c6c(cccc6c4)-c4ccccc4-5)c4c5ccccc5sc4c3c3c4c(sc5ccccc54)c(N(c4cc(-c5ccccc5)cc(-c5ccccc5)c4)c4cc5c6c(cccc6c4)-c4ccccc4-5)cc32)cc1. The molecule has 2 aliphatic carbocycles. The van der Waals surface area contributed by atoms with E-state index in [1.807, 2.05) is 0 Å². The number of alkyl halides is 3. The van der Waals surface area contributed by atoms with Gasteiger partial charge in [0.15, 0.2) is 0 Å². The molecule has 0 saturated carbocycles. The normalized spacial score (nSPS) is 12.3. The monoisotopic (exact) mass is 1410 g/mol. The summed E-state index contributed by atoms with van der Waals surface area (Å²) in [5, 5.41) is 11.0. The molecule has 20 aromatic rings. The second kappa shape index (κ2) is 23.7. The standard InChI is InChI=1S/C99H58F3N3S2/c100-99(101,102)69-43-45-70(46-44-69)105-86-58-88(104(74-50-64-32-22-40-80-76-34-14-16-36-78(76)84(56-74)92(64)80)72-53-67(61-27-9-3-10-28-61)48-68(54-72)62-29-11-4-12-30-62)97-94(82-38-18-20-42-90(82)106-97)95(86)96-87(105)57-85(93-81-37-17-19-41-89(81)107-98(93)96)103(73-49-63-31-21-39-79-75-33-13-15-35-77(75)83(55-73)91(63)79)71-51-65(59-23-5-1-6-24-59)47-66(52-71)60-25-7-2-8-26-60/h1-58H. The van der Waals surface area contributed by atoms with Crippen LogP contribution in [0.2, 0.25) is 0 Å². The smallest absolute Gasteiger partial charge is 0.310 e. The van der Waals surface area contributed by atoms with Crippen molar-refractivity contribution in [3.05, 3.63) is 357 Å². The molecule has 0 radical (unpaired) electrons. The van der Waals surface area contributed by atoms with E-state index < -0.39 is 11.7 Å². The molecule has 3 nitrogen and oxygen atoms in total. The Balaban J connectivity index is 0.916. The molecule has 0 fully saturated rings. The van der Waals surface area contributed by atoms with Gasteiger partial charge in [0.25, 0.3) is 0 Å². The number of hydrogen-bond donors (Lipinski definition) is 0. The topological polar surface area (TPSA) is 11.4 Å². The quantitative estimate of drug-likeness (QED) is 0.128. The second-order valence-corrected chi connectivity index (χ2v) is 30.2. The van der Waals surface area contributed by atoms with E-state index in [0.717, 1.165) is 163 Å². The Kier molecular flexibility index (Phi) is 13.6. The largest absolute Gasteiger partial charge is 0.416 e. The van der Waals surface area contributed by atoms with Crippen molar-refractivity contribution in [1.29, 1.82) is 0 Å². The maximum absolute atomic E-state index is 15.3. The lowest BCUT2D eigenvalue weighted by molar-refractivity contribution is -0.137. The molecular weight excluding hydrogens is 1350 g/mol. The lowest BCUT2D eigenvalue weighted by Gasteiger charge is -2.29. The van der Waals surface area contributed by atoms with Crippen molar-refractivity contribution >= 4 is 140 Å². The molecule has 3 aromatic heterocycles. The predicted octanol–water partition coefficient (Wildman–Crippen LogP) is 29.7. The molecule has 0 N–H and O–H groups in total. The van der Waals surface area contributed by atoms with Crippen molar-refractivity contribution in [2.75, 3.05) is 9.80 Å². The lowest BCUT2D eigenvalue weighted by Crippen LogP contribution is -2.12. The van der Waals surface area contributed by atoms with Gasteiger partial charge in [0, 0.05) is 74.9 Å². The summed E-state index contributed by atoms with van der Waals surface area (Å²) in [5.41, 5.74) is 25.2. The first-order valence-electron chi connectivity index (χ1n) is 36.1. The molecule has 0 spiro atoms. The van der Waals surface area contributed by atoms with E-state index in [-0.39, 0.29) is 0 Å². The summed E-state index contributed by atoms with van der Waals surface area (Å²) in [4.78, 5) is 4.96. The summed E-state index contributed by atoms with van der Waals surface area (Å²) in [7, 11) is 0. The number of anilines is 6. The Morgan fingerprint density at radius 1 is 0.252 bits per heavy atom. The predicted molar refractivity (Wildman–Crippen MR) is 447 cm³/mol. The number of hydrogen-bond acceptors (Lipinski definition) is 4. The number of rotatable bonds is 11. The van der Waals surface area contributed by atoms with Crippen molar-refractivity contribution in [2.45, 2.75) is 6.18 Å². The van der Waals surface area contributed by atoms with Crippen molar-refractivity contribution in [1.82, 2.24) is 4.57 Å². The molecule has 0 bridgehead atoms. The van der Waals surface area contributed by atoms with E-state index in [1.165, 1.54) is 56.3 Å². The molecule has 3 heterocycles. The highest BCUT2D eigenvalue weighted by Crippen LogP contribution is 2.59. The molecule has 22 rings (SSSR count). The average Bonchev–Trinajstić information content (AvgIpc) is 1.53. The van der Waals surface area contributed by atoms with Crippen LogP contribution in [0, 0.1) is 0 Å². The van der Waals surface area contributed by atoms with Gasteiger partial charge in [-0.1, -0.05) is 243 Å². The Bertz CT molecular complexity index is 6980. The second-order valence-electron chi connectivity index (χ2n) is 28.1. The first-order chi connectivity index (χ1) is 52.7. The number of fused-ring (bicyclic) bond motifs is 17. The van der Waals surface area contributed by atoms with Gasteiger partial charge in [0.1, 0.15) is 0 Å². The third-order valence-corrected chi connectivity index (χ3v) is 24.5. The van der Waals surface area contributed by atoms with Crippen LogP contribution in [0.3, 0.4) is 0 Å². The number of aromatic nitrogens is 1. The molecule has 2 aliphatic rings. The van der Waals surface area contributed by atoms with Gasteiger partial charge in [-0.3, -0.25) is 0 Å². The van der Waals surface area contributed by atoms with E-state index >= 15 is 13.2 Å². The Labute approximate surface area is 622 Å². The number of thiophene rings is 2.